The summed E-state index contributed by atoms with van der Waals surface area (Å²) in [5.74, 6) is 0.834. The van der Waals surface area contributed by atoms with Gasteiger partial charge in [0.1, 0.15) is 0 Å². The third-order valence-corrected chi connectivity index (χ3v) is 5.66. The van der Waals surface area contributed by atoms with E-state index < -0.39 is 0 Å². The van der Waals surface area contributed by atoms with E-state index in [-0.39, 0.29) is 0 Å². The van der Waals surface area contributed by atoms with E-state index in [1.807, 2.05) is 0 Å². The van der Waals surface area contributed by atoms with Crippen LogP contribution in [0.25, 0.3) is 0 Å². The third-order valence-electron chi connectivity index (χ3n) is 5.66. The molecule has 1 aliphatic carbocycles. The molecule has 0 radical (unpaired) electrons. The fraction of sp³-hybridized carbons (Fsp3) is 1.00. The maximum absolute atomic E-state index is 3.80. The maximum atomic E-state index is 3.80. The molecule has 0 aromatic carbocycles. The summed E-state index contributed by atoms with van der Waals surface area (Å²) in [6.45, 7) is 15.7. The first-order chi connectivity index (χ1) is 8.87. The Bertz CT molecular complexity index is 296. The Kier molecular flexibility index (Phi) is 4.62. The Labute approximate surface area is 120 Å². The van der Waals surface area contributed by atoms with Crippen LogP contribution < -0.4 is 5.32 Å². The molecule has 2 heteroatoms. The highest BCUT2D eigenvalue weighted by Crippen LogP contribution is 2.40. The van der Waals surface area contributed by atoms with Gasteiger partial charge in [-0.2, -0.15) is 0 Å². The minimum Gasteiger partial charge on any atom is -0.313 e. The second-order valence-electron chi connectivity index (χ2n) is 8.04. The van der Waals surface area contributed by atoms with Crippen LogP contribution in [0.2, 0.25) is 0 Å². The first kappa shape index (κ1) is 15.3. The van der Waals surface area contributed by atoms with Crippen LogP contribution in [0.3, 0.4) is 0 Å². The molecule has 0 spiro atoms. The highest BCUT2D eigenvalue weighted by Gasteiger charge is 2.41. The average molecular weight is 266 g/mol. The normalized spacial score (nSPS) is 34.6. The Morgan fingerprint density at radius 2 is 1.84 bits per heavy atom. The Hall–Kier alpha value is -0.0800. The monoisotopic (exact) mass is 266 g/mol. The lowest BCUT2D eigenvalue weighted by Crippen LogP contribution is -2.54. The molecule has 0 aromatic rings. The topological polar surface area (TPSA) is 15.3 Å². The Morgan fingerprint density at radius 1 is 1.11 bits per heavy atom. The molecule has 2 aliphatic rings. The Morgan fingerprint density at radius 3 is 2.42 bits per heavy atom. The van der Waals surface area contributed by atoms with Crippen LogP contribution in [0.5, 0.6) is 0 Å². The van der Waals surface area contributed by atoms with E-state index in [4.69, 9.17) is 0 Å². The van der Waals surface area contributed by atoms with E-state index in [1.54, 1.807) is 0 Å². The number of hydrogen-bond acceptors (Lipinski definition) is 2. The molecule has 2 unspecified atom stereocenters. The summed E-state index contributed by atoms with van der Waals surface area (Å²) in [4.78, 5) is 2.75. The molecule has 112 valence electrons. The largest absolute Gasteiger partial charge is 0.313 e. The van der Waals surface area contributed by atoms with E-state index in [0.29, 0.717) is 17.0 Å². The van der Waals surface area contributed by atoms with Gasteiger partial charge in [0.05, 0.1) is 0 Å². The predicted molar refractivity (Wildman–Crippen MR) is 83.5 cm³/mol. The molecule has 0 bridgehead atoms. The quantitative estimate of drug-likeness (QED) is 0.835. The first-order valence-corrected chi connectivity index (χ1v) is 8.35. The van der Waals surface area contributed by atoms with Crippen LogP contribution in [0.15, 0.2) is 0 Å². The summed E-state index contributed by atoms with van der Waals surface area (Å²) in [5, 5.41) is 3.80. The fourth-order valence-electron chi connectivity index (χ4n) is 4.42. The number of nitrogens with one attached hydrogen (secondary N) is 1. The van der Waals surface area contributed by atoms with Gasteiger partial charge >= 0.3 is 0 Å². The summed E-state index contributed by atoms with van der Waals surface area (Å²) in [5.41, 5.74) is 0.890. The SMILES string of the molecule is CCNC1C(CN2CCCC2(C)C)CCCC1(C)C. The second kappa shape index (κ2) is 5.73. The molecule has 1 N–H and O–H groups in total. The van der Waals surface area contributed by atoms with E-state index in [2.05, 4.69) is 44.8 Å². The van der Waals surface area contributed by atoms with Gasteiger partial charge in [-0.1, -0.05) is 27.2 Å². The van der Waals surface area contributed by atoms with Gasteiger partial charge in [0, 0.05) is 18.1 Å². The summed E-state index contributed by atoms with van der Waals surface area (Å²) < 4.78 is 0. The molecular weight excluding hydrogens is 232 g/mol. The summed E-state index contributed by atoms with van der Waals surface area (Å²) in [7, 11) is 0. The molecule has 2 fully saturated rings. The van der Waals surface area contributed by atoms with Crippen molar-refractivity contribution in [1.82, 2.24) is 10.2 Å². The van der Waals surface area contributed by atoms with Gasteiger partial charge in [-0.05, 0) is 64.0 Å². The zero-order valence-electron chi connectivity index (χ0n) is 13.8. The van der Waals surface area contributed by atoms with Gasteiger partial charge in [-0.25, -0.2) is 0 Å². The fourth-order valence-corrected chi connectivity index (χ4v) is 4.42. The third kappa shape index (κ3) is 3.33. The summed E-state index contributed by atoms with van der Waals surface area (Å²) in [6, 6.07) is 0.697. The van der Waals surface area contributed by atoms with Crippen molar-refractivity contribution in [2.75, 3.05) is 19.6 Å². The Balaban J connectivity index is 2.04. The molecule has 2 rings (SSSR count). The van der Waals surface area contributed by atoms with E-state index in [9.17, 15) is 0 Å². The lowest BCUT2D eigenvalue weighted by atomic mass is 9.67. The zero-order chi connectivity index (χ0) is 14.1. The summed E-state index contributed by atoms with van der Waals surface area (Å²) >= 11 is 0. The minimum atomic E-state index is 0.429. The lowest BCUT2D eigenvalue weighted by molar-refractivity contribution is 0.0597. The van der Waals surface area contributed by atoms with Crippen LogP contribution in [0.4, 0.5) is 0 Å². The van der Waals surface area contributed by atoms with Crippen LogP contribution in [-0.4, -0.2) is 36.1 Å². The van der Waals surface area contributed by atoms with Gasteiger partial charge in [-0.3, -0.25) is 4.90 Å². The van der Waals surface area contributed by atoms with Gasteiger partial charge in [-0.15, -0.1) is 0 Å². The lowest BCUT2D eigenvalue weighted by Gasteiger charge is -2.47. The minimum absolute atomic E-state index is 0.429. The smallest absolute Gasteiger partial charge is 0.0159 e. The van der Waals surface area contributed by atoms with Crippen molar-refractivity contribution < 1.29 is 0 Å². The van der Waals surface area contributed by atoms with E-state index in [1.165, 1.54) is 45.2 Å². The van der Waals surface area contributed by atoms with Crippen LogP contribution in [0.1, 0.15) is 66.7 Å². The van der Waals surface area contributed by atoms with Gasteiger partial charge < -0.3 is 5.32 Å². The molecule has 1 saturated carbocycles. The molecule has 0 amide bonds. The molecule has 2 atom stereocenters. The molecule has 19 heavy (non-hydrogen) atoms. The molecule has 1 aliphatic heterocycles. The highest BCUT2D eigenvalue weighted by atomic mass is 15.2. The number of nitrogens with zero attached hydrogens (tertiary/aromatic N) is 1. The van der Waals surface area contributed by atoms with Crippen molar-refractivity contribution >= 4 is 0 Å². The first-order valence-electron chi connectivity index (χ1n) is 8.35. The van der Waals surface area contributed by atoms with Crippen molar-refractivity contribution in [3.05, 3.63) is 0 Å². The average Bonchev–Trinajstić information content (AvgIpc) is 2.63. The van der Waals surface area contributed by atoms with Gasteiger partial charge in [0.25, 0.3) is 0 Å². The summed E-state index contributed by atoms with van der Waals surface area (Å²) in [6.07, 6.45) is 6.95. The van der Waals surface area contributed by atoms with Crippen molar-refractivity contribution in [2.24, 2.45) is 11.3 Å². The number of rotatable bonds is 4. The highest BCUT2D eigenvalue weighted by molar-refractivity contribution is 4.97. The zero-order valence-corrected chi connectivity index (χ0v) is 13.8. The van der Waals surface area contributed by atoms with E-state index in [0.717, 1.165) is 12.5 Å². The standard InChI is InChI=1S/C17H34N2/c1-6-18-15-14(9-7-10-16(15,2)3)13-19-12-8-11-17(19,4)5/h14-15,18H,6-13H2,1-5H3. The number of likely N-dealkylation sites (tertiary alicyclic amines) is 1. The molecule has 2 nitrogen and oxygen atoms in total. The molecule has 0 aromatic heterocycles. The molecular formula is C17H34N2. The van der Waals surface area contributed by atoms with Crippen LogP contribution >= 0.6 is 0 Å². The van der Waals surface area contributed by atoms with Crippen molar-refractivity contribution in [2.45, 2.75) is 78.3 Å². The van der Waals surface area contributed by atoms with Crippen LogP contribution in [0, 0.1) is 11.3 Å². The van der Waals surface area contributed by atoms with Crippen molar-refractivity contribution in [1.29, 1.82) is 0 Å². The van der Waals surface area contributed by atoms with Gasteiger partial charge in [0.15, 0.2) is 0 Å². The molecule has 1 saturated heterocycles. The second-order valence-corrected chi connectivity index (χ2v) is 8.04. The number of hydrogen-bond donors (Lipinski definition) is 1. The maximum Gasteiger partial charge on any atom is 0.0159 e. The van der Waals surface area contributed by atoms with Gasteiger partial charge in [0.2, 0.25) is 0 Å². The molecule has 1 heterocycles. The predicted octanol–water partition coefficient (Wildman–Crippen LogP) is 3.67. The van der Waals surface area contributed by atoms with E-state index >= 15 is 0 Å². The van der Waals surface area contributed by atoms with Crippen molar-refractivity contribution in [3.63, 3.8) is 0 Å². The van der Waals surface area contributed by atoms with Crippen molar-refractivity contribution in [3.8, 4) is 0 Å². The van der Waals surface area contributed by atoms with Crippen LogP contribution in [-0.2, 0) is 0 Å².